The lowest BCUT2D eigenvalue weighted by Crippen LogP contribution is -1.93. The normalized spacial score (nSPS) is 9.18. The minimum atomic E-state index is 0.0754. The van der Waals surface area contributed by atoms with Crippen LogP contribution in [0.1, 0.15) is 0 Å². The first-order valence-electron chi connectivity index (χ1n) is 2.93. The van der Waals surface area contributed by atoms with Crippen LogP contribution in [0, 0.1) is 0 Å². The highest BCUT2D eigenvalue weighted by Gasteiger charge is 1.98. The Labute approximate surface area is 68.6 Å². The molecular weight excluding hydrogens is 166 g/mol. The molecule has 0 bridgehead atoms. The Morgan fingerprint density at radius 2 is 2.27 bits per heavy atom. The number of phenolic OH excluding ortho intramolecular Hbond substituents is 1. The summed E-state index contributed by atoms with van der Waals surface area (Å²) in [6.45, 7) is 0. The number of aromatic hydroxyl groups is 1. The molecule has 1 aromatic rings. The number of rotatable bonds is 2. The van der Waals surface area contributed by atoms with Crippen LogP contribution >= 0.6 is 11.6 Å². The number of phenols is 1. The molecule has 2 N–H and O–H groups in total. The molecule has 1 aromatic carbocycles. The predicted octanol–water partition coefficient (Wildman–Crippen LogP) is 1.61. The van der Waals surface area contributed by atoms with E-state index < -0.39 is 0 Å². The summed E-state index contributed by atoms with van der Waals surface area (Å²) in [7, 11) is 0. The Balaban J connectivity index is 2.98. The lowest BCUT2D eigenvalue weighted by Gasteiger charge is -2.00. The lowest BCUT2D eigenvalue weighted by molar-refractivity contribution is -0.105. The van der Waals surface area contributed by atoms with E-state index in [0.717, 1.165) is 0 Å². The van der Waals surface area contributed by atoms with E-state index in [1.807, 2.05) is 0 Å². The van der Waals surface area contributed by atoms with Crippen LogP contribution in [0.5, 0.6) is 5.75 Å². The Hall–Kier alpha value is -1.22. The van der Waals surface area contributed by atoms with Crippen LogP contribution in [0.3, 0.4) is 0 Å². The summed E-state index contributed by atoms with van der Waals surface area (Å²) in [4.78, 5) is 9.98. The average Bonchev–Trinajstić information content (AvgIpc) is 1.95. The van der Waals surface area contributed by atoms with Gasteiger partial charge in [-0.2, -0.15) is 0 Å². The Kier molecular flexibility index (Phi) is 2.33. The van der Waals surface area contributed by atoms with Gasteiger partial charge in [0, 0.05) is 6.07 Å². The van der Waals surface area contributed by atoms with E-state index in [-0.39, 0.29) is 5.75 Å². The Bertz CT molecular complexity index is 275. The van der Waals surface area contributed by atoms with E-state index in [9.17, 15) is 4.79 Å². The van der Waals surface area contributed by atoms with Crippen molar-refractivity contribution in [3.8, 4) is 5.75 Å². The number of carbonyl (C=O) groups excluding carboxylic acids is 1. The third-order valence-corrected chi connectivity index (χ3v) is 1.48. The van der Waals surface area contributed by atoms with Crippen molar-refractivity contribution in [1.29, 1.82) is 0 Å². The molecule has 0 aliphatic heterocycles. The third-order valence-electron chi connectivity index (χ3n) is 1.17. The van der Waals surface area contributed by atoms with Gasteiger partial charge in [-0.05, 0) is 12.1 Å². The first-order chi connectivity index (χ1) is 5.24. The van der Waals surface area contributed by atoms with Gasteiger partial charge in [-0.1, -0.05) is 11.6 Å². The number of hydrogen-bond donors (Lipinski definition) is 2. The molecule has 0 saturated carbocycles. The fourth-order valence-electron chi connectivity index (χ4n) is 0.685. The van der Waals surface area contributed by atoms with Crippen molar-refractivity contribution >= 4 is 23.7 Å². The highest BCUT2D eigenvalue weighted by Crippen LogP contribution is 2.25. The van der Waals surface area contributed by atoms with Gasteiger partial charge in [0.25, 0.3) is 0 Å². The molecule has 58 valence electrons. The van der Waals surface area contributed by atoms with Crippen molar-refractivity contribution in [3.63, 3.8) is 0 Å². The number of amides is 1. The van der Waals surface area contributed by atoms with Gasteiger partial charge in [-0.3, -0.25) is 4.79 Å². The SMILES string of the molecule is O=CNc1ccc(O)cc1Cl. The standard InChI is InChI=1S/C7H6ClNO2/c8-6-3-5(11)1-2-7(6)9-4-10/h1-4,11H,(H,9,10). The molecule has 0 saturated heterocycles. The van der Waals surface area contributed by atoms with Gasteiger partial charge in [-0.15, -0.1) is 0 Å². The molecule has 0 aliphatic rings. The van der Waals surface area contributed by atoms with E-state index in [1.165, 1.54) is 18.2 Å². The Morgan fingerprint density at radius 1 is 1.55 bits per heavy atom. The summed E-state index contributed by atoms with van der Waals surface area (Å²) in [5.41, 5.74) is 0.486. The molecule has 0 spiro atoms. The van der Waals surface area contributed by atoms with Crippen LogP contribution in [0.4, 0.5) is 5.69 Å². The van der Waals surface area contributed by atoms with E-state index >= 15 is 0 Å². The molecule has 0 unspecified atom stereocenters. The first kappa shape index (κ1) is 7.88. The zero-order chi connectivity index (χ0) is 8.27. The van der Waals surface area contributed by atoms with Crippen LogP contribution in [-0.4, -0.2) is 11.5 Å². The Morgan fingerprint density at radius 3 is 2.82 bits per heavy atom. The predicted molar refractivity (Wildman–Crippen MR) is 42.8 cm³/mol. The largest absolute Gasteiger partial charge is 0.508 e. The summed E-state index contributed by atoms with van der Waals surface area (Å²) in [5, 5.41) is 11.6. The van der Waals surface area contributed by atoms with E-state index in [0.29, 0.717) is 17.1 Å². The summed E-state index contributed by atoms with van der Waals surface area (Å²) in [6, 6.07) is 4.32. The zero-order valence-electron chi connectivity index (χ0n) is 5.54. The van der Waals surface area contributed by atoms with Crippen LogP contribution in [0.2, 0.25) is 5.02 Å². The number of benzene rings is 1. The van der Waals surface area contributed by atoms with Gasteiger partial charge in [0.1, 0.15) is 5.75 Å². The van der Waals surface area contributed by atoms with E-state index in [2.05, 4.69) is 5.32 Å². The fourth-order valence-corrected chi connectivity index (χ4v) is 0.914. The van der Waals surface area contributed by atoms with Crippen LogP contribution in [0.15, 0.2) is 18.2 Å². The molecule has 1 amide bonds. The molecule has 0 heterocycles. The van der Waals surface area contributed by atoms with E-state index in [4.69, 9.17) is 16.7 Å². The van der Waals surface area contributed by atoms with Gasteiger partial charge in [-0.25, -0.2) is 0 Å². The van der Waals surface area contributed by atoms with Gasteiger partial charge in [0.05, 0.1) is 10.7 Å². The third kappa shape index (κ3) is 1.85. The number of carbonyl (C=O) groups is 1. The maximum Gasteiger partial charge on any atom is 0.211 e. The van der Waals surface area contributed by atoms with Crippen LogP contribution in [0.25, 0.3) is 0 Å². The van der Waals surface area contributed by atoms with Gasteiger partial charge >= 0.3 is 0 Å². The molecule has 0 aliphatic carbocycles. The van der Waals surface area contributed by atoms with E-state index in [1.54, 1.807) is 0 Å². The minimum absolute atomic E-state index is 0.0754. The molecule has 0 aromatic heterocycles. The maximum absolute atomic E-state index is 9.98. The quantitative estimate of drug-likeness (QED) is 0.525. The number of anilines is 1. The monoisotopic (exact) mass is 171 g/mol. The summed E-state index contributed by atoms with van der Waals surface area (Å²) in [5.74, 6) is 0.0754. The molecule has 0 radical (unpaired) electrons. The lowest BCUT2D eigenvalue weighted by atomic mass is 10.3. The number of halogens is 1. The van der Waals surface area contributed by atoms with Crippen molar-refractivity contribution < 1.29 is 9.90 Å². The zero-order valence-corrected chi connectivity index (χ0v) is 6.30. The van der Waals surface area contributed by atoms with Gasteiger partial charge in [0.15, 0.2) is 0 Å². The topological polar surface area (TPSA) is 49.3 Å². The number of nitrogens with one attached hydrogen (secondary N) is 1. The van der Waals surface area contributed by atoms with Crippen LogP contribution < -0.4 is 5.32 Å². The smallest absolute Gasteiger partial charge is 0.211 e. The molecule has 4 heteroatoms. The first-order valence-corrected chi connectivity index (χ1v) is 3.30. The second kappa shape index (κ2) is 3.25. The highest BCUT2D eigenvalue weighted by atomic mass is 35.5. The van der Waals surface area contributed by atoms with Crippen molar-refractivity contribution in [2.24, 2.45) is 0 Å². The fraction of sp³-hybridized carbons (Fsp3) is 0. The molecule has 11 heavy (non-hydrogen) atoms. The highest BCUT2D eigenvalue weighted by molar-refractivity contribution is 6.33. The summed E-state index contributed by atoms with van der Waals surface area (Å²) >= 11 is 5.63. The van der Waals surface area contributed by atoms with Crippen LogP contribution in [-0.2, 0) is 4.79 Å². The molecule has 1 rings (SSSR count). The van der Waals surface area contributed by atoms with Crippen molar-refractivity contribution in [2.75, 3.05) is 5.32 Å². The molecule has 0 fully saturated rings. The second-order valence-corrected chi connectivity index (χ2v) is 2.33. The second-order valence-electron chi connectivity index (χ2n) is 1.93. The summed E-state index contributed by atoms with van der Waals surface area (Å²) in [6.07, 6.45) is 0.526. The average molecular weight is 172 g/mol. The molecule has 3 nitrogen and oxygen atoms in total. The maximum atomic E-state index is 9.98. The van der Waals surface area contributed by atoms with Crippen molar-refractivity contribution in [3.05, 3.63) is 23.2 Å². The summed E-state index contributed by atoms with van der Waals surface area (Å²) < 4.78 is 0. The van der Waals surface area contributed by atoms with Crippen molar-refractivity contribution in [1.82, 2.24) is 0 Å². The van der Waals surface area contributed by atoms with Gasteiger partial charge in [0.2, 0.25) is 6.41 Å². The molecular formula is C7H6ClNO2. The molecule has 0 atom stereocenters. The number of hydrogen-bond acceptors (Lipinski definition) is 2. The van der Waals surface area contributed by atoms with Gasteiger partial charge < -0.3 is 10.4 Å². The minimum Gasteiger partial charge on any atom is -0.508 e. The van der Waals surface area contributed by atoms with Crippen molar-refractivity contribution in [2.45, 2.75) is 0 Å².